The Kier molecular flexibility index (Phi) is 5.62. The summed E-state index contributed by atoms with van der Waals surface area (Å²) < 4.78 is 21.0. The maximum atomic E-state index is 15.2. The molecule has 1 aromatic carbocycles. The number of nitrogens with one attached hydrogen (secondary N) is 1. The van der Waals surface area contributed by atoms with Gasteiger partial charge in [-0.3, -0.25) is 14.8 Å². The van der Waals surface area contributed by atoms with Crippen LogP contribution >= 0.6 is 0 Å². The van der Waals surface area contributed by atoms with Gasteiger partial charge in [0.15, 0.2) is 11.6 Å². The third-order valence-electron chi connectivity index (χ3n) is 5.46. The van der Waals surface area contributed by atoms with Gasteiger partial charge in [0.05, 0.1) is 24.7 Å². The van der Waals surface area contributed by atoms with E-state index in [2.05, 4.69) is 37.2 Å². The molecule has 3 aromatic heterocycles. The van der Waals surface area contributed by atoms with Gasteiger partial charge in [-0.25, -0.2) is 14.4 Å². The molecular weight excluding hydrogens is 423 g/mol. The number of ether oxygens (including phenoxy) is 1. The Hall–Kier alpha value is -3.98. The summed E-state index contributed by atoms with van der Waals surface area (Å²) in [4.78, 5) is 31.7. The summed E-state index contributed by atoms with van der Waals surface area (Å²) in [6.07, 6.45) is 6.09. The Morgan fingerprint density at radius 3 is 2.70 bits per heavy atom. The Bertz CT molecular complexity index is 1310. The zero-order valence-electron chi connectivity index (χ0n) is 17.9. The molecule has 1 fully saturated rings. The lowest BCUT2D eigenvalue weighted by atomic mass is 10.0. The second-order valence-corrected chi connectivity index (χ2v) is 8.04. The molecule has 1 amide bonds. The van der Waals surface area contributed by atoms with Crippen LogP contribution in [0.2, 0.25) is 0 Å². The lowest BCUT2D eigenvalue weighted by molar-refractivity contribution is 0.0837. The zero-order chi connectivity index (χ0) is 22.8. The van der Waals surface area contributed by atoms with Crippen LogP contribution in [0.4, 0.5) is 10.2 Å². The number of anilines is 1. The summed E-state index contributed by atoms with van der Waals surface area (Å²) in [7, 11) is 2.06. The number of fused-ring (bicyclic) bond motifs is 1. The van der Waals surface area contributed by atoms with Crippen LogP contribution in [0.5, 0.6) is 5.88 Å². The van der Waals surface area contributed by atoms with E-state index in [1.165, 1.54) is 12.4 Å². The van der Waals surface area contributed by atoms with Crippen molar-refractivity contribution in [1.29, 1.82) is 0 Å². The van der Waals surface area contributed by atoms with Crippen LogP contribution in [-0.2, 0) is 0 Å². The van der Waals surface area contributed by atoms with Crippen molar-refractivity contribution in [3.8, 4) is 17.3 Å². The average Bonchev–Trinajstić information content (AvgIpc) is 2.83. The van der Waals surface area contributed by atoms with E-state index in [1.54, 1.807) is 48.8 Å². The molecule has 33 heavy (non-hydrogen) atoms. The van der Waals surface area contributed by atoms with Crippen molar-refractivity contribution in [3.63, 3.8) is 0 Å². The molecular formula is C24H21FN6O2. The molecule has 1 aliphatic heterocycles. The SMILES string of the molecule is CN1CC(COc2cncc(-c3cc4c(F)c(NC(=O)c5ccccc5)ncc4cn3)n2)C1. The molecule has 0 unspecified atom stereocenters. The number of likely N-dealkylation sites (tertiary alicyclic amines) is 1. The number of pyridine rings is 2. The fourth-order valence-electron chi connectivity index (χ4n) is 3.75. The van der Waals surface area contributed by atoms with E-state index in [9.17, 15) is 4.79 Å². The first-order valence-corrected chi connectivity index (χ1v) is 10.5. The minimum Gasteiger partial charge on any atom is -0.476 e. The van der Waals surface area contributed by atoms with Crippen LogP contribution in [0, 0.1) is 11.7 Å². The molecule has 4 heterocycles. The van der Waals surface area contributed by atoms with Crippen LogP contribution in [0.15, 0.2) is 61.2 Å². The highest BCUT2D eigenvalue weighted by Crippen LogP contribution is 2.26. The molecule has 0 aliphatic carbocycles. The van der Waals surface area contributed by atoms with Gasteiger partial charge in [-0.15, -0.1) is 0 Å². The first kappa shape index (κ1) is 20.9. The molecule has 8 nitrogen and oxygen atoms in total. The summed E-state index contributed by atoms with van der Waals surface area (Å²) >= 11 is 0. The van der Waals surface area contributed by atoms with Crippen molar-refractivity contribution in [2.45, 2.75) is 0 Å². The van der Waals surface area contributed by atoms with Gasteiger partial charge in [-0.2, -0.15) is 0 Å². The molecule has 5 rings (SSSR count). The number of carbonyl (C=O) groups excluding carboxylic acids is 1. The highest BCUT2D eigenvalue weighted by atomic mass is 19.1. The van der Waals surface area contributed by atoms with E-state index in [0.717, 1.165) is 13.1 Å². The summed E-state index contributed by atoms with van der Waals surface area (Å²) in [6.45, 7) is 2.56. The summed E-state index contributed by atoms with van der Waals surface area (Å²) in [6, 6.07) is 10.1. The predicted molar refractivity (Wildman–Crippen MR) is 121 cm³/mol. The Morgan fingerprint density at radius 2 is 1.91 bits per heavy atom. The second kappa shape index (κ2) is 8.87. The average molecular weight is 444 g/mol. The number of nitrogens with zero attached hydrogens (tertiary/aromatic N) is 5. The number of hydrogen-bond acceptors (Lipinski definition) is 7. The van der Waals surface area contributed by atoms with Gasteiger partial charge in [-0.05, 0) is 25.2 Å². The number of benzene rings is 1. The van der Waals surface area contributed by atoms with E-state index < -0.39 is 11.7 Å². The molecule has 4 aromatic rings. The van der Waals surface area contributed by atoms with E-state index in [0.29, 0.717) is 40.7 Å². The first-order chi connectivity index (χ1) is 16.1. The highest BCUT2D eigenvalue weighted by Gasteiger charge is 2.24. The van der Waals surface area contributed by atoms with Crippen molar-refractivity contribution in [1.82, 2.24) is 24.8 Å². The lowest BCUT2D eigenvalue weighted by Gasteiger charge is -2.35. The Balaban J connectivity index is 1.39. The normalized spacial score (nSPS) is 14.1. The topological polar surface area (TPSA) is 93.1 Å². The standard InChI is InChI=1S/C24H21FN6O2/c1-31-12-15(13-31)14-33-21-11-26-10-20(29-21)19-7-18-17(8-27-19)9-28-23(22(18)25)30-24(32)16-5-3-2-4-6-16/h2-11,15H,12-14H2,1H3,(H,28,30,32). The number of carbonyl (C=O) groups is 1. The van der Waals surface area contributed by atoms with Crippen LogP contribution in [0.3, 0.4) is 0 Å². The summed E-state index contributed by atoms with van der Waals surface area (Å²) in [5.41, 5.74) is 1.32. The van der Waals surface area contributed by atoms with Crippen LogP contribution in [0.25, 0.3) is 22.2 Å². The molecule has 0 spiro atoms. The maximum Gasteiger partial charge on any atom is 0.256 e. The fourth-order valence-corrected chi connectivity index (χ4v) is 3.75. The van der Waals surface area contributed by atoms with Crippen molar-refractivity contribution in [3.05, 3.63) is 72.6 Å². The Morgan fingerprint density at radius 1 is 1.12 bits per heavy atom. The number of hydrogen-bond donors (Lipinski definition) is 1. The molecule has 0 saturated carbocycles. The van der Waals surface area contributed by atoms with Crippen molar-refractivity contribution in [2.24, 2.45) is 5.92 Å². The second-order valence-electron chi connectivity index (χ2n) is 8.04. The third-order valence-corrected chi connectivity index (χ3v) is 5.46. The lowest BCUT2D eigenvalue weighted by Crippen LogP contribution is -2.46. The van der Waals surface area contributed by atoms with Gasteiger partial charge in [0.25, 0.3) is 5.91 Å². The van der Waals surface area contributed by atoms with E-state index in [1.807, 2.05) is 0 Å². The number of aromatic nitrogens is 4. The molecule has 166 valence electrons. The largest absolute Gasteiger partial charge is 0.476 e. The molecule has 1 aliphatic rings. The smallest absolute Gasteiger partial charge is 0.256 e. The molecule has 0 atom stereocenters. The molecule has 0 radical (unpaired) electrons. The minimum absolute atomic E-state index is 0.151. The van der Waals surface area contributed by atoms with Crippen LogP contribution in [0.1, 0.15) is 10.4 Å². The van der Waals surface area contributed by atoms with Crippen LogP contribution in [-0.4, -0.2) is 57.5 Å². The number of rotatable bonds is 6. The molecule has 1 N–H and O–H groups in total. The minimum atomic E-state index is -0.644. The predicted octanol–water partition coefficient (Wildman–Crippen LogP) is 3.42. The first-order valence-electron chi connectivity index (χ1n) is 10.5. The summed E-state index contributed by atoms with van der Waals surface area (Å²) in [5.74, 6) is -0.360. The van der Waals surface area contributed by atoms with E-state index >= 15 is 4.39 Å². The van der Waals surface area contributed by atoms with Gasteiger partial charge >= 0.3 is 0 Å². The molecule has 9 heteroatoms. The Labute approximate surface area is 189 Å². The van der Waals surface area contributed by atoms with Gasteiger partial charge in [-0.1, -0.05) is 18.2 Å². The van der Waals surface area contributed by atoms with Gasteiger partial charge in [0.2, 0.25) is 5.88 Å². The van der Waals surface area contributed by atoms with Gasteiger partial charge in [0.1, 0.15) is 5.69 Å². The fraction of sp³-hybridized carbons (Fsp3) is 0.208. The highest BCUT2D eigenvalue weighted by molar-refractivity contribution is 6.04. The van der Waals surface area contributed by atoms with Crippen molar-refractivity contribution in [2.75, 3.05) is 32.1 Å². The number of amides is 1. The van der Waals surface area contributed by atoms with Gasteiger partial charge < -0.3 is 15.0 Å². The third kappa shape index (κ3) is 4.49. The maximum absolute atomic E-state index is 15.2. The number of halogens is 1. The van der Waals surface area contributed by atoms with Gasteiger partial charge in [0, 0.05) is 47.7 Å². The molecule has 0 bridgehead atoms. The quantitative estimate of drug-likeness (QED) is 0.487. The van der Waals surface area contributed by atoms with Crippen molar-refractivity contribution >= 4 is 22.5 Å². The van der Waals surface area contributed by atoms with Crippen molar-refractivity contribution < 1.29 is 13.9 Å². The monoisotopic (exact) mass is 444 g/mol. The van der Waals surface area contributed by atoms with Crippen LogP contribution < -0.4 is 10.1 Å². The summed E-state index contributed by atoms with van der Waals surface area (Å²) in [5, 5.41) is 3.30. The molecule has 1 saturated heterocycles. The van der Waals surface area contributed by atoms with E-state index in [4.69, 9.17) is 4.74 Å². The zero-order valence-corrected chi connectivity index (χ0v) is 17.9. The van der Waals surface area contributed by atoms with E-state index in [-0.39, 0.29) is 11.2 Å².